The molecule has 2 aromatic carbocycles. The third-order valence-electron chi connectivity index (χ3n) is 3.89. The minimum atomic E-state index is -0.592. The lowest BCUT2D eigenvalue weighted by Crippen LogP contribution is -2.11. The standard InChI is InChI=1S/C21H15ClFNO3S/c1-27-21(26)19-16(13-6-9-15(23)10-7-13)12-28-20(19)24-18(25)11-8-14-4-2-3-5-17(14)22/h2-12H,1H3,(H,24,25). The lowest BCUT2D eigenvalue weighted by molar-refractivity contribution is -0.111. The van der Waals surface area contributed by atoms with Crippen LogP contribution in [0.4, 0.5) is 9.39 Å². The third-order valence-corrected chi connectivity index (χ3v) is 5.13. The zero-order valence-corrected chi connectivity index (χ0v) is 16.3. The maximum absolute atomic E-state index is 13.2. The zero-order chi connectivity index (χ0) is 20.1. The summed E-state index contributed by atoms with van der Waals surface area (Å²) in [6, 6.07) is 12.8. The summed E-state index contributed by atoms with van der Waals surface area (Å²) >= 11 is 7.25. The van der Waals surface area contributed by atoms with Crippen molar-refractivity contribution in [3.05, 3.63) is 82.0 Å². The first-order valence-electron chi connectivity index (χ1n) is 8.19. The number of esters is 1. The number of halogens is 2. The number of carbonyl (C=O) groups is 2. The highest BCUT2D eigenvalue weighted by molar-refractivity contribution is 7.15. The van der Waals surface area contributed by atoms with Gasteiger partial charge in [-0.1, -0.05) is 41.9 Å². The Bertz CT molecular complexity index is 1040. The van der Waals surface area contributed by atoms with Crippen LogP contribution >= 0.6 is 22.9 Å². The lowest BCUT2D eigenvalue weighted by atomic mass is 10.0. The lowest BCUT2D eigenvalue weighted by Gasteiger charge is -2.06. The van der Waals surface area contributed by atoms with Gasteiger partial charge in [-0.3, -0.25) is 4.79 Å². The number of nitrogens with one attached hydrogen (secondary N) is 1. The molecule has 0 bridgehead atoms. The molecular formula is C21H15ClFNO3S. The second kappa shape index (κ2) is 8.82. The summed E-state index contributed by atoms with van der Waals surface area (Å²) in [5.74, 6) is -1.39. The zero-order valence-electron chi connectivity index (χ0n) is 14.7. The molecule has 0 unspecified atom stereocenters. The van der Waals surface area contributed by atoms with Crippen LogP contribution in [0.5, 0.6) is 0 Å². The maximum Gasteiger partial charge on any atom is 0.341 e. The van der Waals surface area contributed by atoms with E-state index in [0.29, 0.717) is 26.7 Å². The van der Waals surface area contributed by atoms with Gasteiger partial charge in [0.25, 0.3) is 0 Å². The van der Waals surface area contributed by atoms with Gasteiger partial charge < -0.3 is 10.1 Å². The number of methoxy groups -OCH3 is 1. The number of ether oxygens (including phenoxy) is 1. The molecule has 4 nitrogen and oxygen atoms in total. The Morgan fingerprint density at radius 2 is 1.86 bits per heavy atom. The Labute approximate surface area is 170 Å². The highest BCUT2D eigenvalue weighted by Gasteiger charge is 2.22. The Kier molecular flexibility index (Phi) is 6.23. The van der Waals surface area contributed by atoms with Crippen molar-refractivity contribution in [1.29, 1.82) is 0 Å². The topological polar surface area (TPSA) is 55.4 Å². The molecule has 0 aliphatic heterocycles. The van der Waals surface area contributed by atoms with Crippen molar-refractivity contribution in [2.75, 3.05) is 12.4 Å². The number of hydrogen-bond donors (Lipinski definition) is 1. The molecule has 3 aromatic rings. The van der Waals surface area contributed by atoms with Crippen LogP contribution in [0, 0.1) is 5.82 Å². The molecule has 3 rings (SSSR count). The molecule has 0 atom stereocenters. The van der Waals surface area contributed by atoms with E-state index in [9.17, 15) is 14.0 Å². The van der Waals surface area contributed by atoms with Crippen LogP contribution in [-0.4, -0.2) is 19.0 Å². The molecule has 0 saturated carbocycles. The minimum absolute atomic E-state index is 0.221. The molecule has 1 heterocycles. The van der Waals surface area contributed by atoms with Gasteiger partial charge >= 0.3 is 5.97 Å². The van der Waals surface area contributed by atoms with E-state index in [2.05, 4.69) is 5.32 Å². The van der Waals surface area contributed by atoms with E-state index in [1.54, 1.807) is 41.8 Å². The molecule has 0 aliphatic carbocycles. The average molecular weight is 416 g/mol. The van der Waals surface area contributed by atoms with Crippen molar-refractivity contribution in [2.24, 2.45) is 0 Å². The highest BCUT2D eigenvalue weighted by Crippen LogP contribution is 2.36. The molecule has 7 heteroatoms. The number of thiophene rings is 1. The van der Waals surface area contributed by atoms with Crippen molar-refractivity contribution >= 4 is 45.9 Å². The fourth-order valence-corrected chi connectivity index (χ4v) is 3.68. The summed E-state index contributed by atoms with van der Waals surface area (Å²) in [7, 11) is 1.26. The van der Waals surface area contributed by atoms with Gasteiger partial charge in [0.15, 0.2) is 0 Å². The molecular weight excluding hydrogens is 401 g/mol. The quantitative estimate of drug-likeness (QED) is 0.433. The molecule has 0 spiro atoms. The van der Waals surface area contributed by atoms with Crippen LogP contribution in [0.2, 0.25) is 5.02 Å². The minimum Gasteiger partial charge on any atom is -0.465 e. The predicted octanol–water partition coefficient (Wildman–Crippen LogP) is 5.65. The number of carbonyl (C=O) groups excluding carboxylic acids is 2. The van der Waals surface area contributed by atoms with Crippen LogP contribution in [0.1, 0.15) is 15.9 Å². The molecule has 28 heavy (non-hydrogen) atoms. The Morgan fingerprint density at radius 1 is 1.14 bits per heavy atom. The molecule has 1 amide bonds. The van der Waals surface area contributed by atoms with Gasteiger partial charge in [0.1, 0.15) is 16.4 Å². The number of hydrogen-bond acceptors (Lipinski definition) is 4. The first kappa shape index (κ1) is 19.8. The monoisotopic (exact) mass is 415 g/mol. The Hall–Kier alpha value is -2.96. The van der Waals surface area contributed by atoms with Crippen LogP contribution in [0.3, 0.4) is 0 Å². The molecule has 0 saturated heterocycles. The molecule has 1 N–H and O–H groups in total. The average Bonchev–Trinajstić information content (AvgIpc) is 3.10. The van der Waals surface area contributed by atoms with E-state index in [1.807, 2.05) is 6.07 Å². The van der Waals surface area contributed by atoms with Crippen LogP contribution < -0.4 is 5.32 Å². The van der Waals surface area contributed by atoms with Crippen molar-refractivity contribution in [2.45, 2.75) is 0 Å². The Balaban J connectivity index is 1.87. The summed E-state index contributed by atoms with van der Waals surface area (Å²) < 4.78 is 18.0. The highest BCUT2D eigenvalue weighted by atomic mass is 35.5. The van der Waals surface area contributed by atoms with Gasteiger partial charge in [-0.15, -0.1) is 11.3 Å². The summed E-state index contributed by atoms with van der Waals surface area (Å²) in [5.41, 5.74) is 2.12. The SMILES string of the molecule is COC(=O)c1c(-c2ccc(F)cc2)csc1NC(=O)C=Cc1ccccc1Cl. The van der Waals surface area contributed by atoms with Crippen LogP contribution in [-0.2, 0) is 9.53 Å². The molecule has 142 valence electrons. The van der Waals surface area contributed by atoms with Gasteiger partial charge in [0.2, 0.25) is 5.91 Å². The first-order chi connectivity index (χ1) is 13.5. The summed E-state index contributed by atoms with van der Waals surface area (Å²) in [6.07, 6.45) is 2.92. The normalized spacial score (nSPS) is 10.8. The van der Waals surface area contributed by atoms with E-state index < -0.39 is 11.9 Å². The van der Waals surface area contributed by atoms with E-state index in [1.165, 1.54) is 36.7 Å². The van der Waals surface area contributed by atoms with Crippen LogP contribution in [0.15, 0.2) is 60.0 Å². The fourth-order valence-electron chi connectivity index (χ4n) is 2.53. The second-order valence-corrected chi connectivity index (χ2v) is 6.98. The van der Waals surface area contributed by atoms with E-state index >= 15 is 0 Å². The van der Waals surface area contributed by atoms with Crippen LogP contribution in [0.25, 0.3) is 17.2 Å². The maximum atomic E-state index is 13.2. The molecule has 0 radical (unpaired) electrons. The summed E-state index contributed by atoms with van der Waals surface area (Å²) in [4.78, 5) is 24.6. The van der Waals surface area contributed by atoms with Crippen molar-refractivity contribution in [3.8, 4) is 11.1 Å². The number of amides is 1. The fraction of sp³-hybridized carbons (Fsp3) is 0.0476. The third kappa shape index (κ3) is 4.47. The molecule has 0 fully saturated rings. The van der Waals surface area contributed by atoms with E-state index in [-0.39, 0.29) is 11.4 Å². The van der Waals surface area contributed by atoms with E-state index in [4.69, 9.17) is 16.3 Å². The van der Waals surface area contributed by atoms with Crippen molar-refractivity contribution in [3.63, 3.8) is 0 Å². The molecule has 0 aliphatic rings. The Morgan fingerprint density at radius 3 is 2.54 bits per heavy atom. The van der Waals surface area contributed by atoms with Crippen molar-refractivity contribution < 1.29 is 18.7 Å². The van der Waals surface area contributed by atoms with Crippen molar-refractivity contribution in [1.82, 2.24) is 0 Å². The second-order valence-electron chi connectivity index (χ2n) is 5.70. The molecule has 1 aromatic heterocycles. The number of benzene rings is 2. The number of anilines is 1. The summed E-state index contributed by atoms with van der Waals surface area (Å²) in [6.45, 7) is 0. The number of rotatable bonds is 5. The van der Waals surface area contributed by atoms with Gasteiger partial charge in [-0.05, 0) is 35.4 Å². The largest absolute Gasteiger partial charge is 0.465 e. The van der Waals surface area contributed by atoms with Gasteiger partial charge in [0.05, 0.1) is 7.11 Å². The van der Waals surface area contributed by atoms with E-state index in [0.717, 1.165) is 0 Å². The summed E-state index contributed by atoms with van der Waals surface area (Å²) in [5, 5.41) is 5.28. The van der Waals surface area contributed by atoms with Gasteiger partial charge in [-0.25, -0.2) is 9.18 Å². The first-order valence-corrected chi connectivity index (χ1v) is 9.44. The van der Waals surface area contributed by atoms with Gasteiger partial charge in [-0.2, -0.15) is 0 Å². The van der Waals surface area contributed by atoms with Gasteiger partial charge in [0, 0.05) is 22.0 Å². The smallest absolute Gasteiger partial charge is 0.341 e. The predicted molar refractivity (Wildman–Crippen MR) is 110 cm³/mol.